The Labute approximate surface area is 113 Å². The van der Waals surface area contributed by atoms with Crippen LogP contribution in [0.3, 0.4) is 0 Å². The molecule has 0 aliphatic carbocycles. The molecule has 20 heavy (non-hydrogen) atoms. The minimum atomic E-state index is -5.89. The van der Waals surface area contributed by atoms with E-state index in [1.807, 2.05) is 0 Å². The molecule has 0 heterocycles. The van der Waals surface area contributed by atoms with Crippen molar-refractivity contribution in [3.63, 3.8) is 0 Å². The molecule has 0 aliphatic rings. The minimum Gasteiger partial charge on any atom is -0.481 e. The molecular weight excluding hydrogens is 341 g/mol. The molecule has 0 aliphatic heterocycles. The predicted octanol–water partition coefficient (Wildman–Crippen LogP) is -0.182. The average molecular weight is 356 g/mol. The SMILES string of the molecule is O=C(O)CCCCC(P(=O)(O)O)(P(=O)(O)O)P(=O)(O)O. The smallest absolute Gasteiger partial charge is 0.356 e. The van der Waals surface area contributed by atoms with Crippen LogP contribution in [0.5, 0.6) is 0 Å². The largest absolute Gasteiger partial charge is 0.481 e. The van der Waals surface area contributed by atoms with Crippen LogP contribution in [0, 0.1) is 0 Å². The first-order valence-electron chi connectivity index (χ1n) is 5.05. The van der Waals surface area contributed by atoms with Gasteiger partial charge in [0.25, 0.3) is 4.64 Å². The van der Waals surface area contributed by atoms with Gasteiger partial charge < -0.3 is 34.5 Å². The Balaban J connectivity index is 5.59. The summed E-state index contributed by atoms with van der Waals surface area (Å²) in [7, 11) is -17.7. The predicted molar refractivity (Wildman–Crippen MR) is 65.0 cm³/mol. The van der Waals surface area contributed by atoms with Crippen molar-refractivity contribution >= 4 is 28.8 Å². The molecule has 0 fully saturated rings. The van der Waals surface area contributed by atoms with E-state index < -0.39 is 52.7 Å². The van der Waals surface area contributed by atoms with Crippen molar-refractivity contribution in [3.05, 3.63) is 0 Å². The van der Waals surface area contributed by atoms with Gasteiger partial charge in [0.05, 0.1) is 0 Å². The van der Waals surface area contributed by atoms with Crippen molar-refractivity contribution in [1.29, 1.82) is 0 Å². The summed E-state index contributed by atoms with van der Waals surface area (Å²) in [6.45, 7) is 0. The first-order chi connectivity index (χ1) is 8.67. The molecule has 0 atom stereocenters. The zero-order valence-corrected chi connectivity index (χ0v) is 12.6. The van der Waals surface area contributed by atoms with Crippen LogP contribution < -0.4 is 0 Å². The first kappa shape index (κ1) is 19.9. The monoisotopic (exact) mass is 356 g/mol. The van der Waals surface area contributed by atoms with E-state index in [-0.39, 0.29) is 6.42 Å². The Morgan fingerprint density at radius 2 is 1.15 bits per heavy atom. The van der Waals surface area contributed by atoms with E-state index in [4.69, 9.17) is 34.5 Å². The van der Waals surface area contributed by atoms with E-state index >= 15 is 0 Å². The number of carbonyl (C=O) groups is 1. The molecule has 0 radical (unpaired) electrons. The zero-order valence-electron chi connectivity index (χ0n) is 9.93. The molecule has 7 N–H and O–H groups in total. The summed E-state index contributed by atoms with van der Waals surface area (Å²) in [5, 5.41) is 8.36. The molecule has 14 heteroatoms. The molecule has 120 valence electrons. The van der Waals surface area contributed by atoms with E-state index in [9.17, 15) is 18.5 Å². The highest BCUT2D eigenvalue weighted by molar-refractivity contribution is 7.88. The molecule has 0 aromatic rings. The summed E-state index contributed by atoms with van der Waals surface area (Å²) in [6.07, 6.45) is -2.43. The fraction of sp³-hybridized carbons (Fsp3) is 0.833. The van der Waals surface area contributed by atoms with Crippen molar-refractivity contribution in [2.24, 2.45) is 0 Å². The molecule has 0 rings (SSSR count). The Morgan fingerprint density at radius 3 is 1.40 bits per heavy atom. The van der Waals surface area contributed by atoms with Crippen LogP contribution >= 0.6 is 22.8 Å². The molecule has 0 amide bonds. The number of carboxylic acid groups (broad SMARTS) is 1. The Hall–Kier alpha value is -0.0800. The quantitative estimate of drug-likeness (QED) is 0.224. The van der Waals surface area contributed by atoms with Gasteiger partial charge in [-0.1, -0.05) is 6.42 Å². The third kappa shape index (κ3) is 4.21. The highest BCUT2D eigenvalue weighted by atomic mass is 31.3. The van der Waals surface area contributed by atoms with E-state index in [2.05, 4.69) is 0 Å². The van der Waals surface area contributed by atoms with Gasteiger partial charge in [-0.25, -0.2) is 0 Å². The maximum absolute atomic E-state index is 11.3. The summed E-state index contributed by atoms with van der Waals surface area (Å²) in [5.41, 5.74) is 0. The Bertz CT molecular complexity index is 439. The minimum absolute atomic E-state index is 0.253. The molecule has 0 spiro atoms. The standard InChI is InChI=1S/C6H15O11P3/c7-5(8)3-1-2-4-6(18(9,10)11,19(12,13)14)20(15,16)17/h1-4H2,(H,7,8)(H2,9,10,11)(H2,12,13,14)(H2,15,16,17). The van der Waals surface area contributed by atoms with Gasteiger partial charge in [0.15, 0.2) is 0 Å². The van der Waals surface area contributed by atoms with Crippen LogP contribution in [0.25, 0.3) is 0 Å². The van der Waals surface area contributed by atoms with Gasteiger partial charge in [-0.2, -0.15) is 0 Å². The highest BCUT2D eigenvalue weighted by Gasteiger charge is 2.70. The fourth-order valence-electron chi connectivity index (χ4n) is 1.58. The lowest BCUT2D eigenvalue weighted by molar-refractivity contribution is -0.137. The molecule has 0 aromatic carbocycles. The summed E-state index contributed by atoms with van der Waals surface area (Å²) < 4.78 is 30.0. The van der Waals surface area contributed by atoms with Gasteiger partial charge in [-0.05, 0) is 12.8 Å². The van der Waals surface area contributed by atoms with Crippen LogP contribution in [0.1, 0.15) is 25.7 Å². The third-order valence-electron chi connectivity index (χ3n) is 2.55. The number of hydrogen-bond acceptors (Lipinski definition) is 4. The van der Waals surface area contributed by atoms with Gasteiger partial charge in [0.2, 0.25) is 0 Å². The molecule has 0 saturated carbocycles. The van der Waals surface area contributed by atoms with Crippen molar-refractivity contribution in [3.8, 4) is 0 Å². The summed E-state index contributed by atoms with van der Waals surface area (Å²) in [4.78, 5) is 64.4. The third-order valence-corrected chi connectivity index (χ3v) is 10.7. The molecule has 11 nitrogen and oxygen atoms in total. The lowest BCUT2D eigenvalue weighted by Crippen LogP contribution is -2.29. The van der Waals surface area contributed by atoms with Gasteiger partial charge in [-0.3, -0.25) is 18.5 Å². The number of carboxylic acids is 1. The van der Waals surface area contributed by atoms with Gasteiger partial charge in [-0.15, -0.1) is 0 Å². The molecule has 0 bridgehead atoms. The highest BCUT2D eigenvalue weighted by Crippen LogP contribution is 2.84. The molecular formula is C6H15O11P3. The molecule has 0 aromatic heterocycles. The van der Waals surface area contributed by atoms with Gasteiger partial charge in [0.1, 0.15) is 0 Å². The fourth-order valence-corrected chi connectivity index (χ4v) is 7.01. The van der Waals surface area contributed by atoms with Crippen molar-refractivity contribution in [1.82, 2.24) is 0 Å². The summed E-state index contributed by atoms with van der Waals surface area (Å²) in [6, 6.07) is 0. The van der Waals surface area contributed by atoms with E-state index in [0.717, 1.165) is 0 Å². The second-order valence-corrected chi connectivity index (χ2v) is 10.6. The van der Waals surface area contributed by atoms with E-state index in [1.165, 1.54) is 0 Å². The lowest BCUT2D eigenvalue weighted by Gasteiger charge is -2.34. The van der Waals surface area contributed by atoms with Crippen LogP contribution in [0.4, 0.5) is 0 Å². The maximum atomic E-state index is 11.3. The number of hydrogen-bond donors (Lipinski definition) is 7. The Morgan fingerprint density at radius 1 is 0.800 bits per heavy atom. The molecule has 0 saturated heterocycles. The van der Waals surface area contributed by atoms with Gasteiger partial charge >= 0.3 is 28.8 Å². The van der Waals surface area contributed by atoms with Crippen LogP contribution in [0.2, 0.25) is 0 Å². The number of unbranched alkanes of at least 4 members (excludes halogenated alkanes) is 1. The van der Waals surface area contributed by atoms with Crippen LogP contribution in [-0.4, -0.2) is 45.1 Å². The number of aliphatic carboxylic acids is 1. The average Bonchev–Trinajstić information content (AvgIpc) is 2.09. The second-order valence-electron chi connectivity index (χ2n) is 4.01. The summed E-state index contributed by atoms with van der Waals surface area (Å²) >= 11 is 0. The van der Waals surface area contributed by atoms with Crippen LogP contribution in [-0.2, 0) is 18.5 Å². The van der Waals surface area contributed by atoms with Gasteiger partial charge in [0, 0.05) is 6.42 Å². The zero-order chi connectivity index (χ0) is 16.4. The first-order valence-corrected chi connectivity index (χ1v) is 9.89. The number of rotatable bonds is 8. The second kappa shape index (κ2) is 6.36. The van der Waals surface area contributed by atoms with E-state index in [0.29, 0.717) is 0 Å². The van der Waals surface area contributed by atoms with Crippen molar-refractivity contribution < 1.29 is 53.0 Å². The maximum Gasteiger partial charge on any atom is 0.356 e. The topological polar surface area (TPSA) is 210 Å². The van der Waals surface area contributed by atoms with Crippen LogP contribution in [0.15, 0.2) is 0 Å². The summed E-state index contributed by atoms with van der Waals surface area (Å²) in [5.74, 6) is -1.26. The van der Waals surface area contributed by atoms with E-state index in [1.54, 1.807) is 0 Å². The normalized spacial score (nSPS) is 14.3. The van der Waals surface area contributed by atoms with Crippen molar-refractivity contribution in [2.45, 2.75) is 30.3 Å². The Kier molecular flexibility index (Phi) is 6.33. The molecule has 0 unspecified atom stereocenters. The lowest BCUT2D eigenvalue weighted by atomic mass is 10.2. The van der Waals surface area contributed by atoms with Crippen molar-refractivity contribution in [2.75, 3.05) is 0 Å².